The van der Waals surface area contributed by atoms with Crippen molar-refractivity contribution in [3.05, 3.63) is 59.7 Å². The summed E-state index contributed by atoms with van der Waals surface area (Å²) in [5.74, 6) is 0.379. The van der Waals surface area contributed by atoms with Crippen LogP contribution in [0.1, 0.15) is 24.0 Å². The molecule has 0 spiro atoms. The Hall–Kier alpha value is -2.67. The Bertz CT molecular complexity index is 983. The summed E-state index contributed by atoms with van der Waals surface area (Å²) in [7, 11) is -1.97. The number of carbonyl (C=O) groups is 1. The van der Waals surface area contributed by atoms with Gasteiger partial charge in [-0.1, -0.05) is 30.3 Å². The zero-order chi connectivity index (χ0) is 19.4. The lowest BCUT2D eigenvalue weighted by Crippen LogP contribution is -2.20. The summed E-state index contributed by atoms with van der Waals surface area (Å²) in [4.78, 5) is 14.2. The molecule has 1 aliphatic rings. The molecule has 0 radical (unpaired) electrons. The number of hydrogen-bond donors (Lipinski definition) is 1. The van der Waals surface area contributed by atoms with E-state index in [1.165, 1.54) is 12.1 Å². The Labute approximate surface area is 160 Å². The number of amidine groups is 1. The van der Waals surface area contributed by atoms with Gasteiger partial charge in [-0.3, -0.25) is 4.79 Å². The fourth-order valence-corrected chi connectivity index (χ4v) is 4.16. The predicted molar refractivity (Wildman–Crippen MR) is 106 cm³/mol. The van der Waals surface area contributed by atoms with Gasteiger partial charge in [-0.2, -0.15) is 8.42 Å². The number of amides is 1. The van der Waals surface area contributed by atoms with E-state index in [9.17, 15) is 13.2 Å². The summed E-state index contributed by atoms with van der Waals surface area (Å²) in [5.41, 5.74) is 2.42. The molecule has 1 aliphatic heterocycles. The number of aryl methyl sites for hydroxylation is 1. The van der Waals surface area contributed by atoms with Crippen LogP contribution in [0.4, 0.5) is 5.69 Å². The average molecular weight is 385 g/mol. The van der Waals surface area contributed by atoms with Crippen LogP contribution in [0, 0.1) is 6.92 Å². The highest BCUT2D eigenvalue weighted by Crippen LogP contribution is 2.20. The predicted octanol–water partition coefficient (Wildman–Crippen LogP) is 2.99. The second-order valence-electron chi connectivity index (χ2n) is 6.69. The zero-order valence-corrected chi connectivity index (χ0v) is 16.3. The Kier molecular flexibility index (Phi) is 5.60. The highest BCUT2D eigenvalue weighted by molar-refractivity contribution is 7.90. The third-order valence-corrected chi connectivity index (χ3v) is 5.89. The maximum atomic E-state index is 12.6. The van der Waals surface area contributed by atoms with Gasteiger partial charge in [-0.15, -0.1) is 4.40 Å². The second kappa shape index (κ2) is 7.92. The molecule has 0 unspecified atom stereocenters. The quantitative estimate of drug-likeness (QED) is 0.858. The van der Waals surface area contributed by atoms with E-state index in [-0.39, 0.29) is 17.2 Å². The number of hydrogen-bond acceptors (Lipinski definition) is 3. The summed E-state index contributed by atoms with van der Waals surface area (Å²) >= 11 is 0. The molecule has 0 bridgehead atoms. The van der Waals surface area contributed by atoms with E-state index < -0.39 is 10.0 Å². The number of anilines is 1. The van der Waals surface area contributed by atoms with Crippen LogP contribution in [0.25, 0.3) is 0 Å². The van der Waals surface area contributed by atoms with E-state index in [0.29, 0.717) is 17.9 Å². The largest absolute Gasteiger partial charge is 0.362 e. The summed E-state index contributed by atoms with van der Waals surface area (Å²) in [6, 6.07) is 13.9. The van der Waals surface area contributed by atoms with Crippen LogP contribution in [-0.2, 0) is 21.2 Å². The third kappa shape index (κ3) is 4.74. The summed E-state index contributed by atoms with van der Waals surface area (Å²) in [6.07, 6.45) is 1.79. The average Bonchev–Trinajstić information content (AvgIpc) is 3.01. The molecule has 27 heavy (non-hydrogen) atoms. The fraction of sp³-hybridized carbons (Fsp3) is 0.300. The molecule has 6 nitrogen and oxygen atoms in total. The van der Waals surface area contributed by atoms with Gasteiger partial charge in [0, 0.05) is 25.7 Å². The van der Waals surface area contributed by atoms with E-state index >= 15 is 0 Å². The fourth-order valence-electron chi connectivity index (χ4n) is 3.02. The highest BCUT2D eigenvalue weighted by atomic mass is 32.2. The normalized spacial score (nSPS) is 15.9. The van der Waals surface area contributed by atoms with Gasteiger partial charge >= 0.3 is 0 Å². The van der Waals surface area contributed by atoms with E-state index in [0.717, 1.165) is 24.1 Å². The van der Waals surface area contributed by atoms with Crippen molar-refractivity contribution in [2.75, 3.05) is 18.9 Å². The van der Waals surface area contributed by atoms with Gasteiger partial charge in [0.15, 0.2) is 0 Å². The minimum Gasteiger partial charge on any atom is -0.362 e. The van der Waals surface area contributed by atoms with E-state index in [1.807, 2.05) is 43.1 Å². The summed E-state index contributed by atoms with van der Waals surface area (Å²) < 4.78 is 29.1. The molecule has 1 heterocycles. The Morgan fingerprint density at radius 2 is 1.96 bits per heavy atom. The van der Waals surface area contributed by atoms with Gasteiger partial charge in [0.25, 0.3) is 10.0 Å². The van der Waals surface area contributed by atoms with Crippen LogP contribution in [0.15, 0.2) is 57.8 Å². The molecule has 7 heteroatoms. The zero-order valence-electron chi connectivity index (χ0n) is 15.5. The monoisotopic (exact) mass is 385 g/mol. The number of sulfonamides is 1. The van der Waals surface area contributed by atoms with E-state index in [1.54, 1.807) is 12.1 Å². The van der Waals surface area contributed by atoms with Crippen molar-refractivity contribution in [1.82, 2.24) is 4.90 Å². The number of benzene rings is 2. The van der Waals surface area contributed by atoms with Gasteiger partial charge in [0.05, 0.1) is 11.3 Å². The van der Waals surface area contributed by atoms with Crippen molar-refractivity contribution >= 4 is 27.5 Å². The topological polar surface area (TPSA) is 78.8 Å². The Morgan fingerprint density at radius 1 is 1.19 bits per heavy atom. The SMILES string of the molecule is Cc1ccccc1CC(=O)Nc1cccc(S(=O)(=O)/N=C2/CCCN2C)c1. The molecule has 0 aliphatic carbocycles. The standard InChI is InChI=1S/C20H23N3O3S/c1-15-7-3-4-8-16(15)13-20(24)21-17-9-5-10-18(14-17)27(25,26)22-19-11-6-12-23(19)2/h3-5,7-10,14H,6,11-13H2,1-2H3,(H,21,24)/b22-19-. The van der Waals surface area contributed by atoms with Crippen molar-refractivity contribution < 1.29 is 13.2 Å². The van der Waals surface area contributed by atoms with Crippen LogP contribution >= 0.6 is 0 Å². The summed E-state index contributed by atoms with van der Waals surface area (Å²) in [5, 5.41) is 2.77. The first-order valence-electron chi connectivity index (χ1n) is 8.84. The first kappa shape index (κ1) is 19.1. The molecule has 1 fully saturated rings. The lowest BCUT2D eigenvalue weighted by atomic mass is 10.1. The van der Waals surface area contributed by atoms with Gasteiger partial charge in [0.2, 0.25) is 5.91 Å². The number of nitrogens with zero attached hydrogens (tertiary/aromatic N) is 2. The first-order chi connectivity index (χ1) is 12.8. The molecule has 0 atom stereocenters. The Morgan fingerprint density at radius 3 is 2.67 bits per heavy atom. The second-order valence-corrected chi connectivity index (χ2v) is 8.29. The van der Waals surface area contributed by atoms with Gasteiger partial charge in [-0.25, -0.2) is 0 Å². The van der Waals surface area contributed by atoms with E-state index in [4.69, 9.17) is 0 Å². The molecule has 1 amide bonds. The molecular weight excluding hydrogens is 362 g/mol. The number of nitrogens with one attached hydrogen (secondary N) is 1. The lowest BCUT2D eigenvalue weighted by Gasteiger charge is -2.11. The maximum Gasteiger partial charge on any atom is 0.284 e. The Balaban J connectivity index is 1.75. The molecular formula is C20H23N3O3S. The van der Waals surface area contributed by atoms with Crippen molar-refractivity contribution in [2.24, 2.45) is 4.40 Å². The van der Waals surface area contributed by atoms with Gasteiger partial charge < -0.3 is 10.2 Å². The molecule has 0 aromatic heterocycles. The van der Waals surface area contributed by atoms with Gasteiger partial charge in [0.1, 0.15) is 5.84 Å². The molecule has 1 saturated heterocycles. The van der Waals surface area contributed by atoms with Crippen LogP contribution in [-0.4, -0.2) is 38.7 Å². The van der Waals surface area contributed by atoms with Crippen LogP contribution in [0.2, 0.25) is 0 Å². The van der Waals surface area contributed by atoms with Crippen LogP contribution in [0.3, 0.4) is 0 Å². The van der Waals surface area contributed by atoms with Crippen molar-refractivity contribution in [3.63, 3.8) is 0 Å². The lowest BCUT2D eigenvalue weighted by molar-refractivity contribution is -0.115. The number of rotatable bonds is 5. The summed E-state index contributed by atoms with van der Waals surface area (Å²) in [6.45, 7) is 2.76. The van der Waals surface area contributed by atoms with Crippen LogP contribution in [0.5, 0.6) is 0 Å². The number of carbonyl (C=O) groups excluding carboxylic acids is 1. The molecule has 142 valence electrons. The van der Waals surface area contributed by atoms with Gasteiger partial charge in [-0.05, 0) is 42.7 Å². The number of likely N-dealkylation sites (tertiary alicyclic amines) is 1. The third-order valence-electron chi connectivity index (χ3n) is 4.59. The maximum absolute atomic E-state index is 12.6. The van der Waals surface area contributed by atoms with Crippen molar-refractivity contribution in [3.8, 4) is 0 Å². The molecule has 2 aromatic rings. The molecule has 1 N–H and O–H groups in total. The van der Waals surface area contributed by atoms with Crippen LogP contribution < -0.4 is 5.32 Å². The van der Waals surface area contributed by atoms with E-state index in [2.05, 4.69) is 9.71 Å². The molecule has 2 aromatic carbocycles. The molecule has 3 rings (SSSR count). The highest BCUT2D eigenvalue weighted by Gasteiger charge is 2.20. The smallest absolute Gasteiger partial charge is 0.284 e. The first-order valence-corrected chi connectivity index (χ1v) is 10.3. The van der Waals surface area contributed by atoms with Crippen molar-refractivity contribution in [1.29, 1.82) is 0 Å². The molecule has 0 saturated carbocycles. The minimum atomic E-state index is -3.81. The van der Waals surface area contributed by atoms with Crippen molar-refractivity contribution in [2.45, 2.75) is 31.1 Å². The minimum absolute atomic E-state index is 0.0731.